The highest BCUT2D eigenvalue weighted by Gasteiger charge is 2.20. The smallest absolute Gasteiger partial charge is 0.413 e. The van der Waals surface area contributed by atoms with E-state index in [2.05, 4.69) is 37.4 Å². The first-order chi connectivity index (χ1) is 17.8. The molecule has 2 N–H and O–H groups in total. The molecule has 1 amide bonds. The standard InChI is InChI=1S/C24H35N7O5S/c1-7-36-24(32)28-23(37)27-22-25-19(14-20(26-22)31-10-8-29(2)9-11-31)30(3)15-16-12-17(33-4)21(35-6)18(13-16)34-5/h12-14H,7-11,15H2,1-6H3,(H2,25,26,27,28,32,37). The number of anilines is 3. The number of rotatable bonds is 9. The Hall–Kier alpha value is -3.58. The fourth-order valence-electron chi connectivity index (χ4n) is 3.85. The van der Waals surface area contributed by atoms with Gasteiger partial charge >= 0.3 is 6.09 Å². The summed E-state index contributed by atoms with van der Waals surface area (Å²) in [6, 6.07) is 5.74. The van der Waals surface area contributed by atoms with E-state index in [1.54, 1.807) is 28.3 Å². The summed E-state index contributed by atoms with van der Waals surface area (Å²) in [6.07, 6.45) is -0.644. The van der Waals surface area contributed by atoms with E-state index >= 15 is 0 Å². The molecule has 0 atom stereocenters. The highest BCUT2D eigenvalue weighted by molar-refractivity contribution is 7.80. The predicted molar refractivity (Wildman–Crippen MR) is 146 cm³/mol. The number of aromatic nitrogens is 2. The van der Waals surface area contributed by atoms with Gasteiger partial charge < -0.3 is 39.0 Å². The van der Waals surface area contributed by atoms with Crippen molar-refractivity contribution >= 4 is 41.0 Å². The lowest BCUT2D eigenvalue weighted by atomic mass is 10.1. The number of likely N-dealkylation sites (N-methyl/N-ethyl adjacent to an activating group) is 1. The van der Waals surface area contributed by atoms with Crippen molar-refractivity contribution in [2.45, 2.75) is 13.5 Å². The third-order valence-corrected chi connectivity index (χ3v) is 5.98. The van der Waals surface area contributed by atoms with Crippen molar-refractivity contribution in [3.05, 3.63) is 23.8 Å². The van der Waals surface area contributed by atoms with Gasteiger partial charge in [-0.1, -0.05) is 0 Å². The van der Waals surface area contributed by atoms with Crippen LogP contribution in [0.1, 0.15) is 12.5 Å². The van der Waals surface area contributed by atoms with Crippen molar-refractivity contribution in [3.8, 4) is 17.2 Å². The molecule has 0 aliphatic carbocycles. The molecule has 12 nitrogen and oxygen atoms in total. The average molecular weight is 534 g/mol. The van der Waals surface area contributed by atoms with Gasteiger partial charge in [0.05, 0.1) is 27.9 Å². The molecule has 37 heavy (non-hydrogen) atoms. The first kappa shape index (κ1) is 28.0. The van der Waals surface area contributed by atoms with E-state index in [-0.39, 0.29) is 17.7 Å². The summed E-state index contributed by atoms with van der Waals surface area (Å²) in [5.41, 5.74) is 0.936. The van der Waals surface area contributed by atoms with Crippen molar-refractivity contribution in [1.29, 1.82) is 0 Å². The van der Waals surface area contributed by atoms with E-state index in [4.69, 9.17) is 31.2 Å². The molecule has 0 saturated carbocycles. The van der Waals surface area contributed by atoms with Crippen LogP contribution in [-0.4, -0.2) is 94.3 Å². The maximum atomic E-state index is 11.8. The van der Waals surface area contributed by atoms with Crippen LogP contribution < -0.4 is 34.6 Å². The van der Waals surface area contributed by atoms with Crippen molar-refractivity contribution < 1.29 is 23.7 Å². The van der Waals surface area contributed by atoms with Crippen LogP contribution in [0.2, 0.25) is 0 Å². The molecule has 1 aliphatic heterocycles. The van der Waals surface area contributed by atoms with Crippen LogP contribution in [0.5, 0.6) is 17.2 Å². The van der Waals surface area contributed by atoms with Gasteiger partial charge in [0, 0.05) is 45.8 Å². The quantitative estimate of drug-likeness (QED) is 0.461. The topological polar surface area (TPSA) is 114 Å². The zero-order valence-electron chi connectivity index (χ0n) is 22.2. The number of nitrogens with one attached hydrogen (secondary N) is 2. The van der Waals surface area contributed by atoms with Gasteiger partial charge in [-0.3, -0.25) is 5.32 Å². The van der Waals surface area contributed by atoms with Crippen molar-refractivity contribution in [3.63, 3.8) is 0 Å². The van der Waals surface area contributed by atoms with E-state index < -0.39 is 6.09 Å². The van der Waals surface area contributed by atoms with E-state index in [1.807, 2.05) is 30.1 Å². The van der Waals surface area contributed by atoms with Gasteiger partial charge in [0.15, 0.2) is 16.6 Å². The van der Waals surface area contributed by atoms with Crippen LogP contribution in [0.25, 0.3) is 0 Å². The van der Waals surface area contributed by atoms with Crippen LogP contribution >= 0.6 is 12.2 Å². The fraction of sp³-hybridized carbons (Fsp3) is 0.500. The lowest BCUT2D eigenvalue weighted by Crippen LogP contribution is -2.45. The van der Waals surface area contributed by atoms with Gasteiger partial charge in [0.25, 0.3) is 0 Å². The van der Waals surface area contributed by atoms with Gasteiger partial charge in [0.1, 0.15) is 11.6 Å². The highest BCUT2D eigenvalue weighted by atomic mass is 32.1. The summed E-state index contributed by atoms with van der Waals surface area (Å²) in [7, 11) is 8.77. The molecule has 3 rings (SSSR count). The van der Waals surface area contributed by atoms with E-state index in [0.717, 1.165) is 37.6 Å². The average Bonchev–Trinajstić information content (AvgIpc) is 2.88. The predicted octanol–water partition coefficient (Wildman–Crippen LogP) is 2.33. The summed E-state index contributed by atoms with van der Waals surface area (Å²) in [5, 5.41) is 5.42. The molecule has 0 bridgehead atoms. The van der Waals surface area contributed by atoms with Crippen LogP contribution in [0.4, 0.5) is 22.4 Å². The number of hydrogen-bond donors (Lipinski definition) is 2. The maximum Gasteiger partial charge on any atom is 0.413 e. The number of benzene rings is 1. The minimum absolute atomic E-state index is 0.0483. The lowest BCUT2D eigenvalue weighted by Gasteiger charge is -2.33. The van der Waals surface area contributed by atoms with E-state index in [1.165, 1.54) is 0 Å². The van der Waals surface area contributed by atoms with Gasteiger partial charge in [0.2, 0.25) is 11.7 Å². The molecule has 2 heterocycles. The van der Waals surface area contributed by atoms with Crippen LogP contribution in [-0.2, 0) is 11.3 Å². The Morgan fingerprint density at radius 1 is 1.05 bits per heavy atom. The number of alkyl carbamates (subject to hydrolysis) is 1. The Morgan fingerprint density at radius 3 is 2.27 bits per heavy atom. The second-order valence-electron chi connectivity index (χ2n) is 8.39. The molecule has 1 saturated heterocycles. The Labute approximate surface area is 222 Å². The number of thiocarbonyl (C=S) groups is 1. The third-order valence-electron chi connectivity index (χ3n) is 5.78. The number of carbonyl (C=O) groups is 1. The summed E-state index contributed by atoms with van der Waals surface area (Å²) in [6.45, 7) is 5.96. The number of ether oxygens (including phenoxy) is 4. The van der Waals surface area contributed by atoms with Gasteiger partial charge in [-0.25, -0.2) is 4.79 Å². The molecule has 13 heteroatoms. The summed E-state index contributed by atoms with van der Waals surface area (Å²) >= 11 is 5.26. The zero-order valence-corrected chi connectivity index (χ0v) is 23.0. The van der Waals surface area contributed by atoms with Gasteiger partial charge in [-0.05, 0) is 43.9 Å². The molecule has 0 spiro atoms. The SMILES string of the molecule is CCOC(=O)NC(=S)Nc1nc(N(C)Cc2cc(OC)c(OC)c(OC)c2)cc(N2CCN(C)CC2)n1. The van der Waals surface area contributed by atoms with Crippen LogP contribution in [0.15, 0.2) is 18.2 Å². The molecular formula is C24H35N7O5S. The number of methoxy groups -OCH3 is 3. The molecule has 0 unspecified atom stereocenters. The molecule has 1 aromatic carbocycles. The van der Waals surface area contributed by atoms with Crippen molar-refractivity contribution in [2.24, 2.45) is 0 Å². The van der Waals surface area contributed by atoms with Crippen molar-refractivity contribution in [2.75, 3.05) is 83.3 Å². The molecule has 1 aliphatic rings. The maximum absolute atomic E-state index is 11.8. The molecule has 1 fully saturated rings. The normalized spacial score (nSPS) is 13.5. The molecule has 1 aromatic heterocycles. The Bertz CT molecular complexity index is 1070. The van der Waals surface area contributed by atoms with Gasteiger partial charge in [-0.15, -0.1) is 0 Å². The first-order valence-corrected chi connectivity index (χ1v) is 12.3. The summed E-state index contributed by atoms with van der Waals surface area (Å²) in [5.74, 6) is 3.37. The molecular weight excluding hydrogens is 498 g/mol. The largest absolute Gasteiger partial charge is 0.493 e. The third kappa shape index (κ3) is 7.46. The number of nitrogens with zero attached hydrogens (tertiary/aromatic N) is 5. The van der Waals surface area contributed by atoms with Crippen molar-refractivity contribution in [1.82, 2.24) is 20.2 Å². The Kier molecular flexibility index (Phi) is 9.92. The van der Waals surface area contributed by atoms with Gasteiger partial charge in [-0.2, -0.15) is 9.97 Å². The highest BCUT2D eigenvalue weighted by Crippen LogP contribution is 2.38. The minimum Gasteiger partial charge on any atom is -0.493 e. The second-order valence-corrected chi connectivity index (χ2v) is 8.80. The van der Waals surface area contributed by atoms with Crippen LogP contribution in [0, 0.1) is 0 Å². The molecule has 2 aromatic rings. The number of amides is 1. The van der Waals surface area contributed by atoms with E-state index in [0.29, 0.717) is 29.6 Å². The first-order valence-electron chi connectivity index (χ1n) is 11.8. The lowest BCUT2D eigenvalue weighted by molar-refractivity contribution is 0.158. The van der Waals surface area contributed by atoms with Crippen LogP contribution in [0.3, 0.4) is 0 Å². The second kappa shape index (κ2) is 13.1. The number of carbonyl (C=O) groups excluding carboxylic acids is 1. The molecule has 0 radical (unpaired) electrons. The Morgan fingerprint density at radius 2 is 1.70 bits per heavy atom. The monoisotopic (exact) mass is 533 g/mol. The number of hydrogen-bond acceptors (Lipinski definition) is 11. The summed E-state index contributed by atoms with van der Waals surface area (Å²) in [4.78, 5) is 27.5. The molecule has 202 valence electrons. The Balaban J connectivity index is 1.89. The fourth-order valence-corrected chi connectivity index (χ4v) is 4.02. The number of piperazine rings is 1. The zero-order chi connectivity index (χ0) is 26.9. The minimum atomic E-state index is -0.644. The summed E-state index contributed by atoms with van der Waals surface area (Å²) < 4.78 is 21.3. The van der Waals surface area contributed by atoms with E-state index in [9.17, 15) is 4.79 Å².